The van der Waals surface area contributed by atoms with Crippen LogP contribution in [0.2, 0.25) is 0 Å². The van der Waals surface area contributed by atoms with Crippen LogP contribution in [0.1, 0.15) is 26.3 Å². The second kappa shape index (κ2) is 4.91. The Morgan fingerprint density at radius 3 is 2.27 bits per heavy atom. The molecule has 1 aromatic rings. The van der Waals surface area contributed by atoms with Crippen LogP contribution in [0, 0.1) is 16.7 Å². The van der Waals surface area contributed by atoms with Crippen molar-refractivity contribution in [1.29, 1.82) is 5.26 Å². The first kappa shape index (κ1) is 14.7. The molecule has 5 heteroatoms. The number of nitriles is 1. The second-order valence-corrected chi connectivity index (χ2v) is 7.35. The van der Waals surface area contributed by atoms with Crippen molar-refractivity contribution in [3.8, 4) is 6.07 Å². The van der Waals surface area contributed by atoms with Crippen molar-refractivity contribution in [1.82, 2.24) is 4.90 Å². The molecule has 2 fully saturated rings. The van der Waals surface area contributed by atoms with Crippen molar-refractivity contribution in [3.63, 3.8) is 0 Å². The van der Waals surface area contributed by atoms with E-state index in [9.17, 15) is 4.79 Å². The first-order chi connectivity index (χ1) is 10.3. The van der Waals surface area contributed by atoms with E-state index in [4.69, 9.17) is 10.00 Å². The predicted molar refractivity (Wildman–Crippen MR) is 83.6 cm³/mol. The number of carbonyl (C=O) groups is 1. The molecule has 0 unspecified atom stereocenters. The highest BCUT2D eigenvalue weighted by molar-refractivity contribution is 5.70. The minimum absolute atomic E-state index is 0.213. The van der Waals surface area contributed by atoms with Crippen LogP contribution < -0.4 is 4.90 Å². The van der Waals surface area contributed by atoms with Crippen molar-refractivity contribution in [3.05, 3.63) is 29.8 Å². The number of hydrogen-bond donors (Lipinski definition) is 0. The molecule has 2 aliphatic rings. The molecule has 0 radical (unpaired) electrons. The second-order valence-electron chi connectivity index (χ2n) is 7.35. The Hall–Kier alpha value is -2.22. The van der Waals surface area contributed by atoms with Crippen LogP contribution in [0.3, 0.4) is 0 Å². The highest BCUT2D eigenvalue weighted by Crippen LogP contribution is 2.42. The quantitative estimate of drug-likeness (QED) is 0.800. The van der Waals surface area contributed by atoms with E-state index in [0.717, 1.165) is 31.9 Å². The monoisotopic (exact) mass is 299 g/mol. The zero-order chi connectivity index (χ0) is 16.0. The maximum absolute atomic E-state index is 12.0. The van der Waals surface area contributed by atoms with Gasteiger partial charge >= 0.3 is 6.09 Å². The summed E-state index contributed by atoms with van der Waals surface area (Å²) in [4.78, 5) is 16.0. The van der Waals surface area contributed by atoms with Crippen LogP contribution >= 0.6 is 0 Å². The molecule has 22 heavy (non-hydrogen) atoms. The summed E-state index contributed by atoms with van der Waals surface area (Å²) in [5.41, 5.74) is 1.61. The standard InChI is InChI=1S/C17H21N3O2/c1-16(2,3)22-15(21)20-11-17(12-20)9-19(10-17)14-6-4-13(8-18)5-7-14/h4-7H,9-12H2,1-3H3. The van der Waals surface area contributed by atoms with Crippen LogP contribution in [-0.2, 0) is 4.74 Å². The number of amides is 1. The van der Waals surface area contributed by atoms with Crippen molar-refractivity contribution in [2.75, 3.05) is 31.1 Å². The van der Waals surface area contributed by atoms with E-state index in [1.165, 1.54) is 0 Å². The summed E-state index contributed by atoms with van der Waals surface area (Å²) in [5.74, 6) is 0. The minimum atomic E-state index is -0.437. The van der Waals surface area contributed by atoms with Crippen molar-refractivity contribution in [2.45, 2.75) is 26.4 Å². The van der Waals surface area contributed by atoms with E-state index in [1.807, 2.05) is 45.0 Å². The van der Waals surface area contributed by atoms with Gasteiger partial charge in [-0.05, 0) is 45.0 Å². The number of carbonyl (C=O) groups excluding carboxylic acids is 1. The molecule has 2 saturated heterocycles. The van der Waals surface area contributed by atoms with E-state index >= 15 is 0 Å². The van der Waals surface area contributed by atoms with E-state index in [1.54, 1.807) is 4.90 Å². The molecule has 0 aromatic heterocycles. The first-order valence-corrected chi connectivity index (χ1v) is 7.53. The average molecular weight is 299 g/mol. The molecule has 0 aliphatic carbocycles. The van der Waals surface area contributed by atoms with Gasteiger partial charge in [0.2, 0.25) is 0 Å². The van der Waals surface area contributed by atoms with Gasteiger partial charge in [0.25, 0.3) is 0 Å². The molecule has 1 aromatic carbocycles. The number of ether oxygens (including phenoxy) is 1. The van der Waals surface area contributed by atoms with Gasteiger partial charge in [-0.25, -0.2) is 4.79 Å². The van der Waals surface area contributed by atoms with Crippen LogP contribution in [0.15, 0.2) is 24.3 Å². The summed E-state index contributed by atoms with van der Waals surface area (Å²) < 4.78 is 5.38. The van der Waals surface area contributed by atoms with Gasteiger partial charge in [0, 0.05) is 37.3 Å². The lowest BCUT2D eigenvalue weighted by molar-refractivity contribution is -0.0452. The molecule has 3 rings (SSSR count). The molecule has 0 saturated carbocycles. The minimum Gasteiger partial charge on any atom is -0.444 e. The Morgan fingerprint density at radius 2 is 1.77 bits per heavy atom. The Bertz CT molecular complexity index is 611. The average Bonchev–Trinajstić information content (AvgIpc) is 2.34. The molecule has 0 bridgehead atoms. The van der Waals surface area contributed by atoms with Crippen LogP contribution in [0.25, 0.3) is 0 Å². The van der Waals surface area contributed by atoms with Crippen LogP contribution in [0.5, 0.6) is 0 Å². The lowest BCUT2D eigenvalue weighted by atomic mass is 9.73. The smallest absolute Gasteiger partial charge is 0.410 e. The third-order valence-electron chi connectivity index (χ3n) is 4.12. The number of anilines is 1. The van der Waals surface area contributed by atoms with Crippen molar-refractivity contribution < 1.29 is 9.53 Å². The van der Waals surface area contributed by atoms with E-state index < -0.39 is 5.60 Å². The SMILES string of the molecule is CC(C)(C)OC(=O)N1CC2(C1)CN(c1ccc(C#N)cc1)C2. The number of nitrogens with zero attached hydrogens (tertiary/aromatic N) is 3. The summed E-state index contributed by atoms with van der Waals surface area (Å²) in [6, 6.07) is 9.77. The molecule has 2 heterocycles. The number of benzene rings is 1. The Balaban J connectivity index is 1.50. The highest BCUT2D eigenvalue weighted by atomic mass is 16.6. The topological polar surface area (TPSA) is 56.6 Å². The van der Waals surface area contributed by atoms with E-state index in [2.05, 4.69) is 11.0 Å². The van der Waals surface area contributed by atoms with Gasteiger partial charge in [0.15, 0.2) is 0 Å². The first-order valence-electron chi connectivity index (χ1n) is 7.53. The molecule has 116 valence electrons. The maximum atomic E-state index is 12.0. The van der Waals surface area contributed by atoms with Gasteiger partial charge in [-0.15, -0.1) is 0 Å². The summed E-state index contributed by atoms with van der Waals surface area (Å²) in [5, 5.41) is 8.82. The molecule has 1 spiro atoms. The fourth-order valence-electron chi connectivity index (χ4n) is 3.11. The lowest BCUT2D eigenvalue weighted by Gasteiger charge is -2.60. The van der Waals surface area contributed by atoms with Gasteiger partial charge in [-0.2, -0.15) is 5.26 Å². The summed E-state index contributed by atoms with van der Waals surface area (Å²) >= 11 is 0. The van der Waals surface area contributed by atoms with Crippen molar-refractivity contribution >= 4 is 11.8 Å². The zero-order valence-corrected chi connectivity index (χ0v) is 13.3. The summed E-state index contributed by atoms with van der Waals surface area (Å²) in [7, 11) is 0. The number of rotatable bonds is 1. The van der Waals surface area contributed by atoms with Gasteiger partial charge in [-0.3, -0.25) is 0 Å². The van der Waals surface area contributed by atoms with E-state index in [-0.39, 0.29) is 11.5 Å². The van der Waals surface area contributed by atoms with E-state index in [0.29, 0.717) is 5.56 Å². The normalized spacial score (nSPS) is 19.2. The number of hydrogen-bond acceptors (Lipinski definition) is 4. The third-order valence-corrected chi connectivity index (χ3v) is 4.12. The fraction of sp³-hybridized carbons (Fsp3) is 0.529. The molecule has 1 amide bonds. The van der Waals surface area contributed by atoms with Gasteiger partial charge < -0.3 is 14.5 Å². The summed E-state index contributed by atoms with van der Waals surface area (Å²) in [6.45, 7) is 9.11. The fourth-order valence-corrected chi connectivity index (χ4v) is 3.11. The zero-order valence-electron chi connectivity index (χ0n) is 13.3. The predicted octanol–water partition coefficient (Wildman–Crippen LogP) is 2.62. The Kier molecular flexibility index (Phi) is 3.28. The Labute approximate surface area is 131 Å². The molecular formula is C17H21N3O2. The largest absolute Gasteiger partial charge is 0.444 e. The molecule has 0 N–H and O–H groups in total. The van der Waals surface area contributed by atoms with Gasteiger partial charge in [0.1, 0.15) is 5.60 Å². The number of likely N-dealkylation sites (tertiary alicyclic amines) is 1. The van der Waals surface area contributed by atoms with Crippen LogP contribution in [0.4, 0.5) is 10.5 Å². The van der Waals surface area contributed by atoms with Gasteiger partial charge in [0.05, 0.1) is 11.6 Å². The highest BCUT2D eigenvalue weighted by Gasteiger charge is 2.54. The Morgan fingerprint density at radius 1 is 1.18 bits per heavy atom. The van der Waals surface area contributed by atoms with Crippen molar-refractivity contribution in [2.24, 2.45) is 5.41 Å². The maximum Gasteiger partial charge on any atom is 0.410 e. The molecule has 0 atom stereocenters. The molecule has 2 aliphatic heterocycles. The summed E-state index contributed by atoms with van der Waals surface area (Å²) in [6.07, 6.45) is -0.213. The van der Waals surface area contributed by atoms with Gasteiger partial charge in [-0.1, -0.05) is 0 Å². The molecular weight excluding hydrogens is 278 g/mol. The molecule has 5 nitrogen and oxygen atoms in total. The third kappa shape index (κ3) is 2.74. The van der Waals surface area contributed by atoms with Crippen LogP contribution in [-0.4, -0.2) is 42.8 Å². The lowest BCUT2D eigenvalue weighted by Crippen LogP contribution is -2.73.